The summed E-state index contributed by atoms with van der Waals surface area (Å²) in [6, 6.07) is 8.56. The van der Waals surface area contributed by atoms with E-state index in [1.54, 1.807) is 18.3 Å². The van der Waals surface area contributed by atoms with Crippen molar-refractivity contribution in [2.45, 2.75) is 13.5 Å². The predicted molar refractivity (Wildman–Crippen MR) is 67.7 cm³/mol. The normalized spacial score (nSPS) is 10.3. The van der Waals surface area contributed by atoms with Crippen molar-refractivity contribution in [3.05, 3.63) is 58.6 Å². The molecule has 1 heterocycles. The zero-order valence-electron chi connectivity index (χ0n) is 9.37. The number of anilines is 1. The van der Waals surface area contributed by atoms with Gasteiger partial charge in [-0.25, -0.2) is 9.37 Å². The lowest BCUT2D eigenvalue weighted by Crippen LogP contribution is -2.02. The fourth-order valence-corrected chi connectivity index (χ4v) is 1.63. The highest BCUT2D eigenvalue weighted by atomic mass is 35.5. The summed E-state index contributed by atoms with van der Waals surface area (Å²) in [5, 5.41) is 3.54. The summed E-state index contributed by atoms with van der Waals surface area (Å²) in [7, 11) is 0. The SMILES string of the molecule is Cc1ccc(F)c(CNc2ccc(Cl)nc2)c1. The van der Waals surface area contributed by atoms with Gasteiger partial charge in [0.15, 0.2) is 0 Å². The highest BCUT2D eigenvalue weighted by Gasteiger charge is 2.02. The van der Waals surface area contributed by atoms with Gasteiger partial charge in [0.05, 0.1) is 11.9 Å². The Labute approximate surface area is 104 Å². The van der Waals surface area contributed by atoms with Crippen LogP contribution in [0.5, 0.6) is 0 Å². The van der Waals surface area contributed by atoms with Gasteiger partial charge in [-0.15, -0.1) is 0 Å². The number of halogens is 2. The van der Waals surface area contributed by atoms with Gasteiger partial charge in [-0.05, 0) is 25.1 Å². The van der Waals surface area contributed by atoms with Gasteiger partial charge < -0.3 is 5.32 Å². The van der Waals surface area contributed by atoms with Gasteiger partial charge in [-0.2, -0.15) is 0 Å². The van der Waals surface area contributed by atoms with Crippen molar-refractivity contribution in [1.29, 1.82) is 0 Å². The molecule has 1 N–H and O–H groups in total. The van der Waals surface area contributed by atoms with E-state index in [9.17, 15) is 4.39 Å². The number of pyridine rings is 1. The van der Waals surface area contributed by atoms with E-state index in [1.807, 2.05) is 19.1 Å². The highest BCUT2D eigenvalue weighted by Crippen LogP contribution is 2.14. The summed E-state index contributed by atoms with van der Waals surface area (Å²) in [6.45, 7) is 2.36. The van der Waals surface area contributed by atoms with Crippen LogP contribution in [0.3, 0.4) is 0 Å². The average molecular weight is 251 g/mol. The minimum atomic E-state index is -0.204. The molecule has 4 heteroatoms. The molecule has 1 aromatic carbocycles. The zero-order valence-corrected chi connectivity index (χ0v) is 10.1. The van der Waals surface area contributed by atoms with E-state index in [0.29, 0.717) is 17.3 Å². The van der Waals surface area contributed by atoms with Crippen molar-refractivity contribution < 1.29 is 4.39 Å². The van der Waals surface area contributed by atoms with Gasteiger partial charge in [0.1, 0.15) is 11.0 Å². The van der Waals surface area contributed by atoms with Crippen LogP contribution in [0.25, 0.3) is 0 Å². The molecule has 0 amide bonds. The van der Waals surface area contributed by atoms with Crippen molar-refractivity contribution in [1.82, 2.24) is 4.98 Å². The number of benzene rings is 1. The molecule has 0 aliphatic rings. The third-order valence-corrected chi connectivity index (χ3v) is 2.64. The standard InChI is InChI=1S/C13H12ClFN2/c1-9-2-4-12(15)10(6-9)7-16-11-3-5-13(14)17-8-11/h2-6,8,16H,7H2,1H3. The van der Waals surface area contributed by atoms with Crippen LogP contribution < -0.4 is 5.32 Å². The third-order valence-electron chi connectivity index (χ3n) is 2.41. The lowest BCUT2D eigenvalue weighted by molar-refractivity contribution is 0.612. The molecular formula is C13H12ClFN2. The summed E-state index contributed by atoms with van der Waals surface area (Å²) in [6.07, 6.45) is 1.62. The Morgan fingerprint density at radius 2 is 2.12 bits per heavy atom. The van der Waals surface area contributed by atoms with Crippen molar-refractivity contribution in [3.8, 4) is 0 Å². The van der Waals surface area contributed by atoms with Gasteiger partial charge in [0, 0.05) is 12.1 Å². The van der Waals surface area contributed by atoms with E-state index in [1.165, 1.54) is 6.07 Å². The molecule has 0 spiro atoms. The first-order valence-electron chi connectivity index (χ1n) is 5.25. The Bertz CT molecular complexity index is 511. The predicted octanol–water partition coefficient (Wildman–Crippen LogP) is 3.79. The van der Waals surface area contributed by atoms with Crippen molar-refractivity contribution in [2.24, 2.45) is 0 Å². The molecular weight excluding hydrogens is 239 g/mol. The quantitative estimate of drug-likeness (QED) is 0.839. The van der Waals surface area contributed by atoms with E-state index in [0.717, 1.165) is 11.3 Å². The number of aromatic nitrogens is 1. The summed E-state index contributed by atoms with van der Waals surface area (Å²) in [4.78, 5) is 3.94. The van der Waals surface area contributed by atoms with Gasteiger partial charge in [-0.3, -0.25) is 0 Å². The second kappa shape index (κ2) is 5.15. The molecule has 2 rings (SSSR count). The van der Waals surface area contributed by atoms with E-state index in [-0.39, 0.29) is 5.82 Å². The Morgan fingerprint density at radius 3 is 2.82 bits per heavy atom. The molecule has 1 aromatic heterocycles. The number of hydrogen-bond acceptors (Lipinski definition) is 2. The molecule has 0 saturated carbocycles. The second-order valence-electron chi connectivity index (χ2n) is 3.82. The van der Waals surface area contributed by atoms with Crippen molar-refractivity contribution >= 4 is 17.3 Å². The maximum atomic E-state index is 13.5. The van der Waals surface area contributed by atoms with Crippen LogP contribution in [0.1, 0.15) is 11.1 Å². The first-order valence-corrected chi connectivity index (χ1v) is 5.63. The fourth-order valence-electron chi connectivity index (χ4n) is 1.52. The molecule has 0 atom stereocenters. The van der Waals surface area contributed by atoms with Crippen LogP contribution in [-0.2, 0) is 6.54 Å². The first-order chi connectivity index (χ1) is 8.15. The molecule has 0 radical (unpaired) electrons. The van der Waals surface area contributed by atoms with Gasteiger partial charge in [0.25, 0.3) is 0 Å². The summed E-state index contributed by atoms with van der Waals surface area (Å²) in [5.74, 6) is -0.204. The largest absolute Gasteiger partial charge is 0.380 e. The van der Waals surface area contributed by atoms with Gasteiger partial charge >= 0.3 is 0 Å². The average Bonchev–Trinajstić information content (AvgIpc) is 2.32. The molecule has 0 saturated heterocycles. The molecule has 17 heavy (non-hydrogen) atoms. The molecule has 0 aliphatic heterocycles. The van der Waals surface area contributed by atoms with E-state index in [4.69, 9.17) is 11.6 Å². The lowest BCUT2D eigenvalue weighted by atomic mass is 10.1. The monoisotopic (exact) mass is 250 g/mol. The fraction of sp³-hybridized carbons (Fsp3) is 0.154. The lowest BCUT2D eigenvalue weighted by Gasteiger charge is -2.07. The minimum Gasteiger partial charge on any atom is -0.380 e. The Balaban J connectivity index is 2.07. The van der Waals surface area contributed by atoms with Gasteiger partial charge in [0.2, 0.25) is 0 Å². The Morgan fingerprint density at radius 1 is 1.29 bits per heavy atom. The third kappa shape index (κ3) is 3.17. The van der Waals surface area contributed by atoms with Crippen LogP contribution in [0.15, 0.2) is 36.5 Å². The smallest absolute Gasteiger partial charge is 0.129 e. The number of nitrogens with one attached hydrogen (secondary N) is 1. The minimum absolute atomic E-state index is 0.204. The summed E-state index contributed by atoms with van der Waals surface area (Å²) < 4.78 is 13.5. The first kappa shape index (κ1) is 11.9. The van der Waals surface area contributed by atoms with Crippen LogP contribution in [0.4, 0.5) is 10.1 Å². The van der Waals surface area contributed by atoms with E-state index >= 15 is 0 Å². The summed E-state index contributed by atoms with van der Waals surface area (Å²) >= 11 is 5.68. The van der Waals surface area contributed by atoms with Crippen LogP contribution >= 0.6 is 11.6 Å². The maximum absolute atomic E-state index is 13.5. The van der Waals surface area contributed by atoms with Crippen molar-refractivity contribution in [3.63, 3.8) is 0 Å². The Hall–Kier alpha value is -1.61. The van der Waals surface area contributed by atoms with Gasteiger partial charge in [-0.1, -0.05) is 29.3 Å². The number of aryl methyl sites for hydroxylation is 1. The maximum Gasteiger partial charge on any atom is 0.129 e. The van der Waals surface area contributed by atoms with E-state index in [2.05, 4.69) is 10.3 Å². The van der Waals surface area contributed by atoms with Crippen molar-refractivity contribution in [2.75, 3.05) is 5.32 Å². The molecule has 2 nitrogen and oxygen atoms in total. The highest BCUT2D eigenvalue weighted by molar-refractivity contribution is 6.29. The number of hydrogen-bond donors (Lipinski definition) is 1. The van der Waals surface area contributed by atoms with E-state index < -0.39 is 0 Å². The van der Waals surface area contributed by atoms with Crippen LogP contribution in [0, 0.1) is 12.7 Å². The van der Waals surface area contributed by atoms with Crippen LogP contribution in [-0.4, -0.2) is 4.98 Å². The Kier molecular flexibility index (Phi) is 3.59. The summed E-state index contributed by atoms with van der Waals surface area (Å²) in [5.41, 5.74) is 2.49. The topological polar surface area (TPSA) is 24.9 Å². The van der Waals surface area contributed by atoms with Crippen LogP contribution in [0.2, 0.25) is 5.15 Å². The number of rotatable bonds is 3. The molecule has 0 fully saturated rings. The number of nitrogens with zero attached hydrogens (tertiary/aromatic N) is 1. The molecule has 0 bridgehead atoms. The molecule has 2 aromatic rings. The molecule has 0 aliphatic carbocycles. The molecule has 0 unspecified atom stereocenters. The zero-order chi connectivity index (χ0) is 12.3. The second-order valence-corrected chi connectivity index (χ2v) is 4.21. The molecule has 88 valence electrons.